The number of hydrogen-bond donors (Lipinski definition) is 2. The zero-order valence-corrected chi connectivity index (χ0v) is 14.1. The Labute approximate surface area is 133 Å². The highest BCUT2D eigenvalue weighted by Crippen LogP contribution is 1.94. The van der Waals surface area contributed by atoms with Crippen molar-refractivity contribution in [3.8, 4) is 0 Å². The third-order valence-corrected chi connectivity index (χ3v) is 3.28. The first-order chi connectivity index (χ1) is 10.8. The molecule has 22 heavy (non-hydrogen) atoms. The van der Waals surface area contributed by atoms with Crippen molar-refractivity contribution in [3.63, 3.8) is 0 Å². The van der Waals surface area contributed by atoms with Crippen molar-refractivity contribution in [2.45, 2.75) is 46.1 Å². The van der Waals surface area contributed by atoms with Crippen LogP contribution in [0.5, 0.6) is 0 Å². The maximum absolute atomic E-state index is 5.53. The molecule has 0 unspecified atom stereocenters. The first-order valence-electron chi connectivity index (χ1n) is 8.20. The second kappa shape index (κ2) is 12.0. The minimum absolute atomic E-state index is 0.789. The third kappa shape index (κ3) is 7.40. The Kier molecular flexibility index (Phi) is 10.0. The molecule has 7 nitrogen and oxygen atoms in total. The minimum Gasteiger partial charge on any atom is -0.381 e. The van der Waals surface area contributed by atoms with Crippen molar-refractivity contribution in [2.75, 3.05) is 33.4 Å². The Morgan fingerprint density at radius 3 is 2.73 bits per heavy atom. The van der Waals surface area contributed by atoms with Gasteiger partial charge in [-0.25, -0.2) is 0 Å². The van der Waals surface area contributed by atoms with Crippen LogP contribution in [0.1, 0.15) is 38.9 Å². The van der Waals surface area contributed by atoms with Crippen LogP contribution in [0, 0.1) is 0 Å². The molecule has 0 saturated carbocycles. The summed E-state index contributed by atoms with van der Waals surface area (Å²) in [6.45, 7) is 8.39. The van der Waals surface area contributed by atoms with E-state index in [1.54, 1.807) is 13.4 Å². The maximum Gasteiger partial charge on any atom is 0.191 e. The number of aliphatic imine (C=N–C) groups is 1. The number of rotatable bonds is 11. The third-order valence-electron chi connectivity index (χ3n) is 3.28. The van der Waals surface area contributed by atoms with E-state index < -0.39 is 0 Å². The first kappa shape index (κ1) is 18.4. The predicted molar refractivity (Wildman–Crippen MR) is 89.1 cm³/mol. The van der Waals surface area contributed by atoms with Gasteiger partial charge in [-0.05, 0) is 12.8 Å². The molecular weight excluding hydrogens is 280 g/mol. The number of hydrogen-bond acceptors (Lipinski definition) is 4. The molecule has 0 saturated heterocycles. The minimum atomic E-state index is 0.789. The summed E-state index contributed by atoms with van der Waals surface area (Å²) in [6.07, 6.45) is 5.96. The van der Waals surface area contributed by atoms with E-state index in [0.717, 1.165) is 63.9 Å². The number of aryl methyl sites for hydroxylation is 1. The maximum atomic E-state index is 5.53. The fraction of sp³-hybridized carbons (Fsp3) is 0.800. The molecule has 0 fully saturated rings. The topological polar surface area (TPSA) is 76.4 Å². The summed E-state index contributed by atoms with van der Waals surface area (Å²) in [5, 5.41) is 14.6. The predicted octanol–water partition coefficient (Wildman–Crippen LogP) is 1.21. The molecule has 126 valence electrons. The monoisotopic (exact) mass is 310 g/mol. The Morgan fingerprint density at radius 2 is 2.00 bits per heavy atom. The Hall–Kier alpha value is -1.63. The van der Waals surface area contributed by atoms with Gasteiger partial charge < -0.3 is 19.9 Å². The molecule has 0 aromatic carbocycles. The Bertz CT molecular complexity index is 418. The molecular formula is C15H30N6O. The standard InChI is InChI=1S/C15H30N6O/c1-4-6-11-22-12-7-8-17-15(16-3)18-9-10-21-13-19-20-14(21)5-2/h13H,4-12H2,1-3H3,(H2,16,17,18). The van der Waals surface area contributed by atoms with Crippen LogP contribution in [0.25, 0.3) is 0 Å². The average molecular weight is 310 g/mol. The molecule has 1 aromatic rings. The smallest absolute Gasteiger partial charge is 0.191 e. The highest BCUT2D eigenvalue weighted by atomic mass is 16.5. The van der Waals surface area contributed by atoms with E-state index in [1.165, 1.54) is 6.42 Å². The molecule has 0 atom stereocenters. The van der Waals surface area contributed by atoms with Gasteiger partial charge in [-0.3, -0.25) is 4.99 Å². The van der Waals surface area contributed by atoms with E-state index >= 15 is 0 Å². The van der Waals surface area contributed by atoms with Crippen molar-refractivity contribution in [1.82, 2.24) is 25.4 Å². The van der Waals surface area contributed by atoms with Gasteiger partial charge in [0.25, 0.3) is 0 Å². The Balaban J connectivity index is 2.10. The second-order valence-corrected chi connectivity index (χ2v) is 5.04. The number of aromatic nitrogens is 3. The summed E-state index contributed by atoms with van der Waals surface area (Å²) in [7, 11) is 1.78. The molecule has 0 radical (unpaired) electrons. The van der Waals surface area contributed by atoms with Crippen molar-refractivity contribution >= 4 is 5.96 Å². The molecule has 0 bridgehead atoms. The summed E-state index contributed by atoms with van der Waals surface area (Å²) >= 11 is 0. The van der Waals surface area contributed by atoms with E-state index in [4.69, 9.17) is 4.74 Å². The summed E-state index contributed by atoms with van der Waals surface area (Å²) < 4.78 is 7.59. The quantitative estimate of drug-likeness (QED) is 0.365. The number of guanidine groups is 1. The van der Waals surface area contributed by atoms with Gasteiger partial charge in [-0.1, -0.05) is 20.3 Å². The molecule has 0 amide bonds. The molecule has 1 aromatic heterocycles. The van der Waals surface area contributed by atoms with E-state index in [1.807, 2.05) is 0 Å². The zero-order chi connectivity index (χ0) is 16.0. The van der Waals surface area contributed by atoms with Gasteiger partial charge in [0.1, 0.15) is 12.2 Å². The fourth-order valence-electron chi connectivity index (χ4n) is 1.98. The van der Waals surface area contributed by atoms with Crippen LogP contribution >= 0.6 is 0 Å². The number of ether oxygens (including phenoxy) is 1. The molecule has 0 aliphatic rings. The number of nitrogens with zero attached hydrogens (tertiary/aromatic N) is 4. The van der Waals surface area contributed by atoms with Gasteiger partial charge in [0.15, 0.2) is 5.96 Å². The van der Waals surface area contributed by atoms with Gasteiger partial charge in [0.2, 0.25) is 0 Å². The summed E-state index contributed by atoms with van der Waals surface area (Å²) in [6, 6.07) is 0. The fourth-order valence-corrected chi connectivity index (χ4v) is 1.98. The molecule has 1 rings (SSSR count). The first-order valence-corrected chi connectivity index (χ1v) is 8.20. The van der Waals surface area contributed by atoms with Crippen molar-refractivity contribution < 1.29 is 4.74 Å². The van der Waals surface area contributed by atoms with Crippen LogP contribution in [-0.2, 0) is 17.7 Å². The van der Waals surface area contributed by atoms with Gasteiger partial charge in [-0.2, -0.15) is 0 Å². The molecule has 7 heteroatoms. The molecule has 0 aliphatic heterocycles. The van der Waals surface area contributed by atoms with Crippen molar-refractivity contribution in [1.29, 1.82) is 0 Å². The lowest BCUT2D eigenvalue weighted by Gasteiger charge is -2.12. The SMILES string of the molecule is CCCCOCCCNC(=NC)NCCn1cnnc1CC. The lowest BCUT2D eigenvalue weighted by molar-refractivity contribution is 0.129. The summed E-state index contributed by atoms with van der Waals surface area (Å²) in [5.74, 6) is 1.83. The van der Waals surface area contributed by atoms with Crippen LogP contribution in [0.3, 0.4) is 0 Å². The summed E-state index contributed by atoms with van der Waals surface area (Å²) in [5.41, 5.74) is 0. The molecule has 2 N–H and O–H groups in total. The molecule has 1 heterocycles. The van der Waals surface area contributed by atoms with Crippen LogP contribution < -0.4 is 10.6 Å². The number of unbranched alkanes of at least 4 members (excludes halogenated alkanes) is 1. The van der Waals surface area contributed by atoms with E-state index in [2.05, 4.69) is 44.2 Å². The van der Waals surface area contributed by atoms with E-state index in [-0.39, 0.29) is 0 Å². The Morgan fingerprint density at radius 1 is 1.23 bits per heavy atom. The van der Waals surface area contributed by atoms with Crippen LogP contribution in [-0.4, -0.2) is 54.1 Å². The van der Waals surface area contributed by atoms with Gasteiger partial charge in [0, 0.05) is 46.3 Å². The number of nitrogens with one attached hydrogen (secondary N) is 2. The lowest BCUT2D eigenvalue weighted by atomic mass is 10.4. The van der Waals surface area contributed by atoms with Gasteiger partial charge in [-0.15, -0.1) is 10.2 Å². The van der Waals surface area contributed by atoms with Gasteiger partial charge in [0.05, 0.1) is 0 Å². The van der Waals surface area contributed by atoms with E-state index in [9.17, 15) is 0 Å². The van der Waals surface area contributed by atoms with Crippen LogP contribution in [0.2, 0.25) is 0 Å². The largest absolute Gasteiger partial charge is 0.381 e. The van der Waals surface area contributed by atoms with Gasteiger partial charge >= 0.3 is 0 Å². The van der Waals surface area contributed by atoms with Crippen LogP contribution in [0.4, 0.5) is 0 Å². The van der Waals surface area contributed by atoms with Crippen molar-refractivity contribution in [3.05, 3.63) is 12.2 Å². The lowest BCUT2D eigenvalue weighted by Crippen LogP contribution is -2.39. The normalized spacial score (nSPS) is 11.7. The second-order valence-electron chi connectivity index (χ2n) is 5.04. The molecule has 0 spiro atoms. The average Bonchev–Trinajstić information content (AvgIpc) is 2.99. The zero-order valence-electron chi connectivity index (χ0n) is 14.1. The van der Waals surface area contributed by atoms with E-state index in [0.29, 0.717) is 0 Å². The van der Waals surface area contributed by atoms with Crippen LogP contribution in [0.15, 0.2) is 11.3 Å². The summed E-state index contributed by atoms with van der Waals surface area (Å²) in [4.78, 5) is 4.21. The highest BCUT2D eigenvalue weighted by Gasteiger charge is 2.02. The van der Waals surface area contributed by atoms with Crippen molar-refractivity contribution in [2.24, 2.45) is 4.99 Å². The highest BCUT2D eigenvalue weighted by molar-refractivity contribution is 5.79. The molecule has 0 aliphatic carbocycles.